The molecule has 1 aliphatic rings. The van der Waals surface area contributed by atoms with Crippen molar-refractivity contribution >= 4 is 21.9 Å². The summed E-state index contributed by atoms with van der Waals surface area (Å²) in [6.07, 6.45) is 0. The Hall–Kier alpha value is -0.870. The van der Waals surface area contributed by atoms with E-state index in [1.807, 2.05) is 19.2 Å². The minimum Gasteiger partial charge on any atom is -0.469 e. The third-order valence-corrected chi connectivity index (χ3v) is 3.78. The molecule has 1 aliphatic heterocycles. The summed E-state index contributed by atoms with van der Waals surface area (Å²) in [5.41, 5.74) is 1.19. The number of likely N-dealkylation sites (tertiary alicyclic amines) is 1. The summed E-state index contributed by atoms with van der Waals surface area (Å²) in [5.74, 6) is 0.0589. The van der Waals surface area contributed by atoms with Gasteiger partial charge in [-0.25, -0.2) is 0 Å². The van der Waals surface area contributed by atoms with Crippen LogP contribution in [0.3, 0.4) is 0 Å². The maximum atomic E-state index is 11.8. The van der Waals surface area contributed by atoms with Gasteiger partial charge in [-0.1, -0.05) is 28.1 Å². The molecule has 1 aromatic rings. The van der Waals surface area contributed by atoms with Gasteiger partial charge in [0.2, 0.25) is 0 Å². The second-order valence-corrected chi connectivity index (χ2v) is 5.43. The molecule has 0 bridgehead atoms. The van der Waals surface area contributed by atoms with Gasteiger partial charge in [-0.15, -0.1) is 0 Å². The molecule has 0 aliphatic carbocycles. The highest BCUT2D eigenvalue weighted by molar-refractivity contribution is 9.10. The van der Waals surface area contributed by atoms with Crippen molar-refractivity contribution in [1.82, 2.24) is 4.90 Å². The number of methoxy groups -OCH3 is 1. The van der Waals surface area contributed by atoms with Gasteiger partial charge in [0.05, 0.1) is 13.0 Å². The van der Waals surface area contributed by atoms with E-state index < -0.39 is 0 Å². The number of ether oxygens (including phenoxy) is 1. The lowest BCUT2D eigenvalue weighted by molar-refractivity contribution is -0.145. The zero-order valence-electron chi connectivity index (χ0n) is 10.0. The molecule has 1 saturated heterocycles. The Morgan fingerprint density at radius 3 is 2.88 bits per heavy atom. The number of rotatable bonds is 2. The monoisotopic (exact) mass is 297 g/mol. The first-order chi connectivity index (χ1) is 8.11. The Balaban J connectivity index is 2.26. The fraction of sp³-hybridized carbons (Fsp3) is 0.462. The summed E-state index contributed by atoms with van der Waals surface area (Å²) in [5, 5.41) is 0. The van der Waals surface area contributed by atoms with Gasteiger partial charge < -0.3 is 9.64 Å². The van der Waals surface area contributed by atoms with Gasteiger partial charge in [0.15, 0.2) is 0 Å². The lowest BCUT2D eigenvalue weighted by atomic mass is 9.89. The number of likely N-dealkylation sites (N-methyl/N-ethyl adjacent to an activating group) is 1. The first kappa shape index (κ1) is 12.6. The van der Waals surface area contributed by atoms with E-state index in [1.165, 1.54) is 12.7 Å². The van der Waals surface area contributed by atoms with Crippen molar-refractivity contribution in [2.75, 3.05) is 27.2 Å². The van der Waals surface area contributed by atoms with E-state index in [2.05, 4.69) is 33.0 Å². The molecular formula is C13H16BrNO2. The van der Waals surface area contributed by atoms with Gasteiger partial charge in [0.25, 0.3) is 0 Å². The molecule has 2 atom stereocenters. The SMILES string of the molecule is COC(=O)[C@@H]1CN(C)C[C@H]1c1cccc(Br)c1. The molecule has 0 radical (unpaired) electrons. The Bertz CT molecular complexity index is 422. The fourth-order valence-electron chi connectivity index (χ4n) is 2.47. The number of hydrogen-bond donors (Lipinski definition) is 0. The van der Waals surface area contributed by atoms with Crippen LogP contribution in [0.25, 0.3) is 0 Å². The van der Waals surface area contributed by atoms with E-state index in [0.29, 0.717) is 0 Å². The average molecular weight is 298 g/mol. The predicted octanol–water partition coefficient (Wildman–Crippen LogP) is 2.27. The van der Waals surface area contributed by atoms with Crippen molar-refractivity contribution < 1.29 is 9.53 Å². The van der Waals surface area contributed by atoms with Crippen LogP contribution in [0.1, 0.15) is 11.5 Å². The standard InChI is InChI=1S/C13H16BrNO2/c1-15-7-11(12(8-15)13(16)17-2)9-4-3-5-10(14)6-9/h3-6,11-12H,7-8H2,1-2H3/t11-,12+/m0/s1. The predicted molar refractivity (Wildman–Crippen MR) is 69.9 cm³/mol. The normalized spacial score (nSPS) is 24.9. The average Bonchev–Trinajstić information content (AvgIpc) is 2.70. The molecule has 2 rings (SSSR count). The zero-order valence-corrected chi connectivity index (χ0v) is 11.6. The number of carbonyl (C=O) groups excluding carboxylic acids is 1. The van der Waals surface area contributed by atoms with Gasteiger partial charge in [-0.05, 0) is 24.7 Å². The Labute approximate surface area is 110 Å². The third kappa shape index (κ3) is 2.69. The van der Waals surface area contributed by atoms with Crippen molar-refractivity contribution in [2.45, 2.75) is 5.92 Å². The number of benzene rings is 1. The van der Waals surface area contributed by atoms with Gasteiger partial charge >= 0.3 is 5.97 Å². The quantitative estimate of drug-likeness (QED) is 0.785. The van der Waals surface area contributed by atoms with E-state index in [9.17, 15) is 4.79 Å². The second kappa shape index (κ2) is 5.19. The molecule has 0 spiro atoms. The topological polar surface area (TPSA) is 29.5 Å². The molecule has 0 saturated carbocycles. The largest absolute Gasteiger partial charge is 0.469 e. The van der Waals surface area contributed by atoms with Gasteiger partial charge in [0.1, 0.15) is 0 Å². The van der Waals surface area contributed by atoms with E-state index in [1.54, 1.807) is 0 Å². The lowest BCUT2D eigenvalue weighted by Gasteiger charge is -2.16. The molecule has 3 nitrogen and oxygen atoms in total. The van der Waals surface area contributed by atoms with Crippen molar-refractivity contribution in [3.05, 3.63) is 34.3 Å². The van der Waals surface area contributed by atoms with Gasteiger partial charge in [-0.2, -0.15) is 0 Å². The van der Waals surface area contributed by atoms with Crippen LogP contribution in [-0.2, 0) is 9.53 Å². The number of carbonyl (C=O) groups is 1. The summed E-state index contributed by atoms with van der Waals surface area (Å²) in [7, 11) is 3.49. The molecule has 4 heteroatoms. The minimum atomic E-state index is -0.112. The Morgan fingerprint density at radius 2 is 2.24 bits per heavy atom. The number of hydrogen-bond acceptors (Lipinski definition) is 3. The number of esters is 1. The van der Waals surface area contributed by atoms with Crippen LogP contribution in [0.15, 0.2) is 28.7 Å². The second-order valence-electron chi connectivity index (χ2n) is 4.51. The van der Waals surface area contributed by atoms with Gasteiger partial charge in [-0.3, -0.25) is 4.79 Å². The van der Waals surface area contributed by atoms with Crippen molar-refractivity contribution in [2.24, 2.45) is 5.92 Å². The van der Waals surface area contributed by atoms with E-state index >= 15 is 0 Å². The number of halogens is 1. The molecule has 0 N–H and O–H groups in total. The maximum absolute atomic E-state index is 11.8. The first-order valence-corrected chi connectivity index (χ1v) is 6.43. The van der Waals surface area contributed by atoms with Crippen molar-refractivity contribution in [3.63, 3.8) is 0 Å². The summed E-state index contributed by atoms with van der Waals surface area (Å²) < 4.78 is 5.94. The molecule has 0 amide bonds. The van der Waals surface area contributed by atoms with Crippen LogP contribution in [0.5, 0.6) is 0 Å². The fourth-order valence-corrected chi connectivity index (χ4v) is 2.88. The molecule has 1 fully saturated rings. The molecule has 92 valence electrons. The first-order valence-electron chi connectivity index (χ1n) is 5.63. The molecule has 1 aromatic carbocycles. The summed E-state index contributed by atoms with van der Waals surface area (Å²) in [6.45, 7) is 1.67. The van der Waals surface area contributed by atoms with E-state index in [4.69, 9.17) is 4.74 Å². The summed E-state index contributed by atoms with van der Waals surface area (Å²) in [6, 6.07) is 8.16. The highest BCUT2D eigenvalue weighted by Gasteiger charge is 2.37. The van der Waals surface area contributed by atoms with Crippen LogP contribution in [-0.4, -0.2) is 38.1 Å². The molecular weight excluding hydrogens is 282 g/mol. The zero-order chi connectivity index (χ0) is 12.4. The van der Waals surface area contributed by atoms with Crippen molar-refractivity contribution in [1.29, 1.82) is 0 Å². The third-order valence-electron chi connectivity index (χ3n) is 3.28. The Morgan fingerprint density at radius 1 is 1.47 bits per heavy atom. The molecule has 0 aromatic heterocycles. The minimum absolute atomic E-state index is 0.0562. The number of nitrogens with zero attached hydrogens (tertiary/aromatic N) is 1. The van der Waals surface area contributed by atoms with Crippen LogP contribution in [0, 0.1) is 5.92 Å². The summed E-state index contributed by atoms with van der Waals surface area (Å²) >= 11 is 3.47. The highest BCUT2D eigenvalue weighted by atomic mass is 79.9. The maximum Gasteiger partial charge on any atom is 0.310 e. The lowest BCUT2D eigenvalue weighted by Crippen LogP contribution is -2.23. The summed E-state index contributed by atoms with van der Waals surface area (Å²) in [4.78, 5) is 13.9. The van der Waals surface area contributed by atoms with Crippen molar-refractivity contribution in [3.8, 4) is 0 Å². The van der Waals surface area contributed by atoms with Crippen LogP contribution < -0.4 is 0 Å². The smallest absolute Gasteiger partial charge is 0.310 e. The Kier molecular flexibility index (Phi) is 3.84. The van der Waals surface area contributed by atoms with Gasteiger partial charge in [0, 0.05) is 23.5 Å². The van der Waals surface area contributed by atoms with Crippen LogP contribution >= 0.6 is 15.9 Å². The van der Waals surface area contributed by atoms with E-state index in [-0.39, 0.29) is 17.8 Å². The van der Waals surface area contributed by atoms with Crippen LogP contribution in [0.2, 0.25) is 0 Å². The van der Waals surface area contributed by atoms with E-state index in [0.717, 1.165) is 17.6 Å². The van der Waals surface area contributed by atoms with Crippen LogP contribution in [0.4, 0.5) is 0 Å². The molecule has 1 heterocycles. The molecule has 0 unspecified atom stereocenters. The highest BCUT2D eigenvalue weighted by Crippen LogP contribution is 2.33. The molecule has 17 heavy (non-hydrogen) atoms.